The van der Waals surface area contributed by atoms with Crippen molar-refractivity contribution in [3.05, 3.63) is 59.7 Å². The van der Waals surface area contributed by atoms with Crippen LogP contribution in [0.3, 0.4) is 0 Å². The summed E-state index contributed by atoms with van der Waals surface area (Å²) in [6, 6.07) is 14.4. The van der Waals surface area contributed by atoms with Gasteiger partial charge in [-0.1, -0.05) is 36.8 Å². The van der Waals surface area contributed by atoms with Crippen molar-refractivity contribution in [2.24, 2.45) is 0 Å². The smallest absolute Gasteiger partial charge is 0.261 e. The fourth-order valence-electron chi connectivity index (χ4n) is 3.16. The van der Waals surface area contributed by atoms with Gasteiger partial charge in [0.2, 0.25) is 5.91 Å². The maximum Gasteiger partial charge on any atom is 0.261 e. The van der Waals surface area contributed by atoms with Crippen molar-refractivity contribution >= 4 is 11.8 Å². The van der Waals surface area contributed by atoms with Crippen molar-refractivity contribution in [3.8, 4) is 11.5 Å². The molecule has 1 atom stereocenters. The molecule has 168 valence electrons. The van der Waals surface area contributed by atoms with Gasteiger partial charge in [-0.05, 0) is 63.9 Å². The Kier molecular flexibility index (Phi) is 8.48. The lowest BCUT2D eigenvalue weighted by atomic mass is 10.1. The molecule has 6 heteroatoms. The number of aryl methyl sites for hydroxylation is 1. The molecular weight excluding hydrogens is 392 g/mol. The summed E-state index contributed by atoms with van der Waals surface area (Å²) in [5.74, 6) is 0.942. The zero-order valence-corrected chi connectivity index (χ0v) is 19.4. The van der Waals surface area contributed by atoms with E-state index in [0.29, 0.717) is 18.7 Å². The van der Waals surface area contributed by atoms with E-state index >= 15 is 0 Å². The van der Waals surface area contributed by atoms with Crippen LogP contribution >= 0.6 is 0 Å². The molecule has 31 heavy (non-hydrogen) atoms. The Morgan fingerprint density at radius 2 is 1.58 bits per heavy atom. The zero-order valence-electron chi connectivity index (χ0n) is 19.4. The van der Waals surface area contributed by atoms with Gasteiger partial charge in [0.25, 0.3) is 5.91 Å². The summed E-state index contributed by atoms with van der Waals surface area (Å²) in [5.41, 5.74) is 1.63. The normalized spacial score (nSPS) is 12.1. The van der Waals surface area contributed by atoms with Crippen molar-refractivity contribution in [2.45, 2.75) is 59.2 Å². The molecule has 0 aliphatic carbocycles. The first-order valence-corrected chi connectivity index (χ1v) is 10.6. The van der Waals surface area contributed by atoms with Crippen molar-refractivity contribution < 1.29 is 19.1 Å². The predicted molar refractivity (Wildman–Crippen MR) is 122 cm³/mol. The van der Waals surface area contributed by atoms with Gasteiger partial charge in [-0.25, -0.2) is 0 Å². The summed E-state index contributed by atoms with van der Waals surface area (Å²) in [5, 5.41) is 3.00. The van der Waals surface area contributed by atoms with Crippen molar-refractivity contribution in [1.82, 2.24) is 10.2 Å². The highest BCUT2D eigenvalue weighted by molar-refractivity contribution is 5.88. The minimum Gasteiger partial charge on any atom is -0.497 e. The lowest BCUT2D eigenvalue weighted by molar-refractivity contribution is -0.143. The highest BCUT2D eigenvalue weighted by Crippen LogP contribution is 2.18. The molecular formula is C25H34N2O4. The molecule has 0 saturated carbocycles. The number of nitrogens with zero attached hydrogens (tertiary/aromatic N) is 1. The lowest BCUT2D eigenvalue weighted by Gasteiger charge is -2.33. The van der Waals surface area contributed by atoms with E-state index in [1.807, 2.05) is 83.1 Å². The Morgan fingerprint density at radius 1 is 1.00 bits per heavy atom. The van der Waals surface area contributed by atoms with Crippen LogP contribution < -0.4 is 14.8 Å². The van der Waals surface area contributed by atoms with E-state index in [1.165, 1.54) is 0 Å². The predicted octanol–water partition coefficient (Wildman–Crippen LogP) is 4.10. The average molecular weight is 427 g/mol. The van der Waals surface area contributed by atoms with Gasteiger partial charge in [-0.2, -0.15) is 0 Å². The van der Waals surface area contributed by atoms with Gasteiger partial charge in [0.1, 0.15) is 17.5 Å². The van der Waals surface area contributed by atoms with E-state index < -0.39 is 11.6 Å². The van der Waals surface area contributed by atoms with Crippen LogP contribution in [0, 0.1) is 6.92 Å². The van der Waals surface area contributed by atoms with E-state index in [-0.39, 0.29) is 18.4 Å². The SMILES string of the molecule is CC[C@H](C(=O)NC(C)(C)C)N(Cc1ccc(OC)cc1)C(=O)COc1ccc(C)cc1. The maximum atomic E-state index is 13.2. The summed E-state index contributed by atoms with van der Waals surface area (Å²) >= 11 is 0. The summed E-state index contributed by atoms with van der Waals surface area (Å²) in [6.45, 7) is 9.83. The Labute approximate surface area is 185 Å². The topological polar surface area (TPSA) is 67.9 Å². The molecule has 0 aromatic heterocycles. The maximum absolute atomic E-state index is 13.2. The summed E-state index contributed by atoms with van der Waals surface area (Å²) in [4.78, 5) is 27.7. The molecule has 0 heterocycles. The number of carbonyl (C=O) groups excluding carboxylic acids is 2. The third-order valence-corrected chi connectivity index (χ3v) is 4.78. The number of carbonyl (C=O) groups is 2. The number of methoxy groups -OCH3 is 1. The number of nitrogens with one attached hydrogen (secondary N) is 1. The standard InChI is InChI=1S/C25H34N2O4/c1-7-22(24(29)26-25(3,4)5)27(16-19-10-14-20(30-6)15-11-19)23(28)17-31-21-12-8-18(2)9-13-21/h8-15,22H,7,16-17H2,1-6H3,(H,26,29)/t22-/m1/s1. The molecule has 6 nitrogen and oxygen atoms in total. The third kappa shape index (κ3) is 7.63. The number of benzene rings is 2. The van der Waals surface area contributed by atoms with Gasteiger partial charge in [-0.3, -0.25) is 9.59 Å². The first-order valence-electron chi connectivity index (χ1n) is 10.6. The van der Waals surface area contributed by atoms with E-state index in [2.05, 4.69) is 5.32 Å². The van der Waals surface area contributed by atoms with Gasteiger partial charge in [0.15, 0.2) is 6.61 Å². The van der Waals surface area contributed by atoms with Gasteiger partial charge >= 0.3 is 0 Å². The Bertz CT molecular complexity index is 855. The molecule has 0 spiro atoms. The number of hydrogen-bond acceptors (Lipinski definition) is 4. The highest BCUT2D eigenvalue weighted by atomic mass is 16.5. The molecule has 2 aromatic rings. The van der Waals surface area contributed by atoms with Crippen LogP contribution in [0.2, 0.25) is 0 Å². The van der Waals surface area contributed by atoms with Gasteiger partial charge in [0.05, 0.1) is 7.11 Å². The molecule has 0 saturated heterocycles. The van der Waals surface area contributed by atoms with E-state index in [4.69, 9.17) is 9.47 Å². The zero-order chi connectivity index (χ0) is 23.0. The number of hydrogen-bond donors (Lipinski definition) is 1. The molecule has 0 bridgehead atoms. The molecule has 0 aliphatic rings. The van der Waals surface area contributed by atoms with E-state index in [9.17, 15) is 9.59 Å². The molecule has 2 rings (SSSR count). The van der Waals surface area contributed by atoms with Crippen LogP contribution in [-0.2, 0) is 16.1 Å². The Hall–Kier alpha value is -3.02. The minimum absolute atomic E-state index is 0.140. The largest absolute Gasteiger partial charge is 0.497 e. The molecule has 2 aromatic carbocycles. The average Bonchev–Trinajstić information content (AvgIpc) is 2.72. The van der Waals surface area contributed by atoms with Crippen LogP contribution in [-0.4, -0.2) is 42.0 Å². The van der Waals surface area contributed by atoms with Gasteiger partial charge < -0.3 is 19.7 Å². The summed E-state index contributed by atoms with van der Waals surface area (Å²) in [6.07, 6.45) is 0.494. The van der Waals surface area contributed by atoms with Crippen LogP contribution in [0.1, 0.15) is 45.2 Å². The van der Waals surface area contributed by atoms with Crippen molar-refractivity contribution in [2.75, 3.05) is 13.7 Å². The minimum atomic E-state index is -0.601. The fraction of sp³-hybridized carbons (Fsp3) is 0.440. The molecule has 2 amide bonds. The molecule has 1 N–H and O–H groups in total. The van der Waals surface area contributed by atoms with Crippen LogP contribution in [0.5, 0.6) is 11.5 Å². The second-order valence-corrected chi connectivity index (χ2v) is 8.63. The van der Waals surface area contributed by atoms with Crippen LogP contribution in [0.25, 0.3) is 0 Å². The highest BCUT2D eigenvalue weighted by Gasteiger charge is 2.30. The second kappa shape index (κ2) is 10.8. The number of ether oxygens (including phenoxy) is 2. The number of rotatable bonds is 9. The Morgan fingerprint density at radius 3 is 2.10 bits per heavy atom. The monoisotopic (exact) mass is 426 g/mol. The second-order valence-electron chi connectivity index (χ2n) is 8.63. The van der Waals surface area contributed by atoms with E-state index in [1.54, 1.807) is 12.0 Å². The third-order valence-electron chi connectivity index (χ3n) is 4.78. The van der Waals surface area contributed by atoms with Crippen molar-refractivity contribution in [3.63, 3.8) is 0 Å². The molecule has 0 fully saturated rings. The summed E-state index contributed by atoms with van der Waals surface area (Å²) < 4.78 is 10.9. The van der Waals surface area contributed by atoms with Gasteiger partial charge in [-0.15, -0.1) is 0 Å². The first kappa shape index (κ1) is 24.3. The molecule has 0 radical (unpaired) electrons. The molecule has 0 aliphatic heterocycles. The number of amides is 2. The van der Waals surface area contributed by atoms with E-state index in [0.717, 1.165) is 16.9 Å². The molecule has 0 unspecified atom stereocenters. The van der Waals surface area contributed by atoms with Crippen LogP contribution in [0.4, 0.5) is 0 Å². The Balaban J connectivity index is 2.22. The van der Waals surface area contributed by atoms with Crippen molar-refractivity contribution in [1.29, 1.82) is 0 Å². The quantitative estimate of drug-likeness (QED) is 0.655. The van der Waals surface area contributed by atoms with Crippen LogP contribution in [0.15, 0.2) is 48.5 Å². The fourth-order valence-corrected chi connectivity index (χ4v) is 3.16. The summed E-state index contributed by atoms with van der Waals surface area (Å²) in [7, 11) is 1.61. The van der Waals surface area contributed by atoms with Gasteiger partial charge in [0, 0.05) is 12.1 Å². The first-order chi connectivity index (χ1) is 14.6. The lowest BCUT2D eigenvalue weighted by Crippen LogP contribution is -2.54.